The van der Waals surface area contributed by atoms with E-state index in [1.54, 1.807) is 4.90 Å². The topological polar surface area (TPSA) is 29.5 Å². The maximum absolute atomic E-state index is 12.5. The van der Waals surface area contributed by atoms with Crippen molar-refractivity contribution in [2.45, 2.75) is 25.6 Å². The number of alkyl halides is 1. The smallest absolute Gasteiger partial charge is 0.228 e. The molecule has 2 fully saturated rings. The molecule has 3 nitrogen and oxygen atoms in total. The van der Waals surface area contributed by atoms with E-state index in [4.69, 9.17) is 4.74 Å². The quantitative estimate of drug-likeness (QED) is 0.601. The molecule has 2 atom stereocenters. The van der Waals surface area contributed by atoms with Crippen LogP contribution < -0.4 is 0 Å². The fourth-order valence-electron chi connectivity index (χ4n) is 1.85. The summed E-state index contributed by atoms with van der Waals surface area (Å²) in [6.07, 6.45) is 0.159. The number of hydrogen-bond acceptors (Lipinski definition) is 2. The van der Waals surface area contributed by atoms with Crippen LogP contribution in [0.4, 0.5) is 4.39 Å². The molecule has 2 rings (SSSR count). The Morgan fingerprint density at radius 1 is 1.54 bits per heavy atom. The summed E-state index contributed by atoms with van der Waals surface area (Å²) in [7, 11) is 0. The standard InChI is InChI=1S/C9H14FNO2/c1-6-2-7(5-13-6)9(12)11-3-8(10)4-11/h6-8H,2-5H2,1H3. The third kappa shape index (κ3) is 1.68. The fraction of sp³-hybridized carbons (Fsp3) is 0.889. The summed E-state index contributed by atoms with van der Waals surface area (Å²) in [5.74, 6) is 0.0424. The maximum Gasteiger partial charge on any atom is 0.228 e. The Morgan fingerprint density at radius 3 is 2.69 bits per heavy atom. The molecule has 1 amide bonds. The molecule has 0 aromatic rings. The third-order valence-electron chi connectivity index (χ3n) is 2.70. The molecule has 0 spiro atoms. The summed E-state index contributed by atoms with van der Waals surface area (Å²) < 4.78 is 17.8. The van der Waals surface area contributed by atoms with Crippen LogP contribution in [0, 0.1) is 5.92 Å². The molecule has 74 valence electrons. The minimum atomic E-state index is -0.802. The van der Waals surface area contributed by atoms with Crippen LogP contribution in [0.2, 0.25) is 0 Å². The van der Waals surface area contributed by atoms with Crippen LogP contribution >= 0.6 is 0 Å². The lowest BCUT2D eigenvalue weighted by Crippen LogP contribution is -2.53. The highest BCUT2D eigenvalue weighted by molar-refractivity contribution is 5.80. The predicted molar refractivity (Wildman–Crippen MR) is 45.0 cm³/mol. The van der Waals surface area contributed by atoms with Crippen LogP contribution in [-0.4, -0.2) is 42.8 Å². The number of amides is 1. The molecule has 0 bridgehead atoms. The Kier molecular flexibility index (Phi) is 2.24. The van der Waals surface area contributed by atoms with E-state index in [-0.39, 0.29) is 31.0 Å². The second-order valence-corrected chi connectivity index (χ2v) is 3.92. The van der Waals surface area contributed by atoms with Gasteiger partial charge in [0.15, 0.2) is 0 Å². The van der Waals surface area contributed by atoms with Gasteiger partial charge in [-0.15, -0.1) is 0 Å². The highest BCUT2D eigenvalue weighted by Crippen LogP contribution is 2.24. The molecule has 2 saturated heterocycles. The number of rotatable bonds is 1. The Morgan fingerprint density at radius 2 is 2.23 bits per heavy atom. The molecule has 2 heterocycles. The summed E-state index contributed by atoms with van der Waals surface area (Å²) in [4.78, 5) is 13.2. The van der Waals surface area contributed by atoms with E-state index in [1.807, 2.05) is 6.92 Å². The van der Waals surface area contributed by atoms with Gasteiger partial charge in [0.2, 0.25) is 5.91 Å². The molecule has 0 N–H and O–H groups in total. The summed E-state index contributed by atoms with van der Waals surface area (Å²) in [5, 5.41) is 0. The summed E-state index contributed by atoms with van der Waals surface area (Å²) in [6, 6.07) is 0. The molecule has 2 aliphatic heterocycles. The molecule has 13 heavy (non-hydrogen) atoms. The molecule has 0 aromatic carbocycles. The molecule has 0 aliphatic carbocycles. The number of carbonyl (C=O) groups is 1. The lowest BCUT2D eigenvalue weighted by Gasteiger charge is -2.35. The van der Waals surface area contributed by atoms with Gasteiger partial charge in [-0.05, 0) is 13.3 Å². The average molecular weight is 187 g/mol. The van der Waals surface area contributed by atoms with E-state index in [0.29, 0.717) is 6.61 Å². The number of halogens is 1. The average Bonchev–Trinajstić information content (AvgIpc) is 2.45. The first-order chi connectivity index (χ1) is 6.16. The fourth-order valence-corrected chi connectivity index (χ4v) is 1.85. The molecular formula is C9H14FNO2. The Balaban J connectivity index is 1.84. The van der Waals surface area contributed by atoms with Crippen LogP contribution in [0.25, 0.3) is 0 Å². The van der Waals surface area contributed by atoms with Crippen LogP contribution in [-0.2, 0) is 9.53 Å². The molecule has 0 aromatic heterocycles. The van der Waals surface area contributed by atoms with Crippen LogP contribution in [0.5, 0.6) is 0 Å². The molecular weight excluding hydrogens is 173 g/mol. The minimum Gasteiger partial charge on any atom is -0.378 e. The van der Waals surface area contributed by atoms with Crippen LogP contribution in [0.15, 0.2) is 0 Å². The van der Waals surface area contributed by atoms with Gasteiger partial charge >= 0.3 is 0 Å². The van der Waals surface area contributed by atoms with Gasteiger partial charge < -0.3 is 9.64 Å². The molecule has 2 unspecified atom stereocenters. The molecule has 0 radical (unpaired) electrons. The lowest BCUT2D eigenvalue weighted by atomic mass is 10.0. The zero-order valence-corrected chi connectivity index (χ0v) is 7.70. The van der Waals surface area contributed by atoms with Crippen molar-refractivity contribution in [1.82, 2.24) is 4.90 Å². The largest absolute Gasteiger partial charge is 0.378 e. The Hall–Kier alpha value is -0.640. The van der Waals surface area contributed by atoms with E-state index in [1.165, 1.54) is 0 Å². The number of hydrogen-bond donors (Lipinski definition) is 0. The third-order valence-corrected chi connectivity index (χ3v) is 2.70. The zero-order valence-electron chi connectivity index (χ0n) is 7.70. The second-order valence-electron chi connectivity index (χ2n) is 3.92. The lowest BCUT2D eigenvalue weighted by molar-refractivity contribution is -0.142. The van der Waals surface area contributed by atoms with Gasteiger partial charge in [0.25, 0.3) is 0 Å². The van der Waals surface area contributed by atoms with Crippen molar-refractivity contribution in [2.24, 2.45) is 5.92 Å². The monoisotopic (exact) mass is 187 g/mol. The predicted octanol–water partition coefficient (Wildman–Crippen LogP) is 0.592. The van der Waals surface area contributed by atoms with Crippen LogP contribution in [0.1, 0.15) is 13.3 Å². The van der Waals surface area contributed by atoms with Gasteiger partial charge in [0.05, 0.1) is 31.7 Å². The highest BCUT2D eigenvalue weighted by Gasteiger charge is 2.37. The molecule has 4 heteroatoms. The van der Waals surface area contributed by atoms with Crippen molar-refractivity contribution in [1.29, 1.82) is 0 Å². The van der Waals surface area contributed by atoms with E-state index in [9.17, 15) is 9.18 Å². The summed E-state index contributed by atoms with van der Waals surface area (Å²) in [5.41, 5.74) is 0. The maximum atomic E-state index is 12.5. The number of likely N-dealkylation sites (tertiary alicyclic amines) is 1. The van der Waals surface area contributed by atoms with Crippen molar-refractivity contribution in [3.63, 3.8) is 0 Å². The Labute approximate surface area is 76.8 Å². The van der Waals surface area contributed by atoms with Gasteiger partial charge in [0.1, 0.15) is 6.17 Å². The minimum absolute atomic E-state index is 0.0255. The van der Waals surface area contributed by atoms with Crippen molar-refractivity contribution >= 4 is 5.91 Å². The van der Waals surface area contributed by atoms with Crippen LogP contribution in [0.3, 0.4) is 0 Å². The first-order valence-corrected chi connectivity index (χ1v) is 4.71. The van der Waals surface area contributed by atoms with E-state index >= 15 is 0 Å². The summed E-state index contributed by atoms with van der Waals surface area (Å²) in [6.45, 7) is 3.03. The van der Waals surface area contributed by atoms with Crippen molar-refractivity contribution in [2.75, 3.05) is 19.7 Å². The highest BCUT2D eigenvalue weighted by atomic mass is 19.1. The van der Waals surface area contributed by atoms with Crippen molar-refractivity contribution in [3.8, 4) is 0 Å². The van der Waals surface area contributed by atoms with Gasteiger partial charge in [-0.1, -0.05) is 0 Å². The Bertz CT molecular complexity index is 216. The van der Waals surface area contributed by atoms with Gasteiger partial charge in [-0.25, -0.2) is 4.39 Å². The van der Waals surface area contributed by atoms with Crippen molar-refractivity contribution < 1.29 is 13.9 Å². The van der Waals surface area contributed by atoms with Crippen molar-refractivity contribution in [3.05, 3.63) is 0 Å². The zero-order chi connectivity index (χ0) is 9.42. The number of carbonyl (C=O) groups excluding carboxylic acids is 1. The number of ether oxygens (including phenoxy) is 1. The van der Waals surface area contributed by atoms with Gasteiger partial charge in [0, 0.05) is 0 Å². The van der Waals surface area contributed by atoms with Gasteiger partial charge in [-0.2, -0.15) is 0 Å². The first kappa shape index (κ1) is 8.94. The normalized spacial score (nSPS) is 34.8. The molecule has 0 saturated carbocycles. The molecule has 2 aliphatic rings. The van der Waals surface area contributed by atoms with E-state index in [2.05, 4.69) is 0 Å². The SMILES string of the molecule is CC1CC(C(=O)N2CC(F)C2)CO1. The number of nitrogens with zero attached hydrogens (tertiary/aromatic N) is 1. The van der Waals surface area contributed by atoms with Gasteiger partial charge in [-0.3, -0.25) is 4.79 Å². The van der Waals surface area contributed by atoms with E-state index < -0.39 is 6.17 Å². The summed E-state index contributed by atoms with van der Waals surface area (Å²) >= 11 is 0. The van der Waals surface area contributed by atoms with E-state index in [0.717, 1.165) is 6.42 Å². The second kappa shape index (κ2) is 3.25. The first-order valence-electron chi connectivity index (χ1n) is 4.71.